The van der Waals surface area contributed by atoms with E-state index >= 15 is 0 Å². The van der Waals surface area contributed by atoms with Crippen LogP contribution in [0, 0.1) is 5.82 Å². The van der Waals surface area contributed by atoms with Gasteiger partial charge in [0.25, 0.3) is 0 Å². The summed E-state index contributed by atoms with van der Waals surface area (Å²) in [5.41, 5.74) is 6.79. The van der Waals surface area contributed by atoms with Crippen LogP contribution in [-0.4, -0.2) is 32.3 Å². The highest BCUT2D eigenvalue weighted by atomic mass is 19.1. The SMILES string of the molecule is CN(c1ccc(F)cc1)C(CN)C1CCCO1. The third-order valence-electron chi connectivity index (χ3n) is 3.37. The van der Waals surface area contributed by atoms with Crippen molar-refractivity contribution in [3.63, 3.8) is 0 Å². The van der Waals surface area contributed by atoms with E-state index in [0.717, 1.165) is 25.1 Å². The predicted molar refractivity (Wildman–Crippen MR) is 66.6 cm³/mol. The van der Waals surface area contributed by atoms with Gasteiger partial charge in [0.1, 0.15) is 5.82 Å². The average Bonchev–Trinajstić information content (AvgIpc) is 2.84. The van der Waals surface area contributed by atoms with Gasteiger partial charge in [-0.1, -0.05) is 0 Å². The van der Waals surface area contributed by atoms with Crippen LogP contribution >= 0.6 is 0 Å². The van der Waals surface area contributed by atoms with E-state index < -0.39 is 0 Å². The molecular formula is C13H19FN2O. The average molecular weight is 238 g/mol. The zero-order valence-corrected chi connectivity index (χ0v) is 10.1. The van der Waals surface area contributed by atoms with Gasteiger partial charge in [-0.15, -0.1) is 0 Å². The molecule has 94 valence electrons. The number of benzene rings is 1. The maximum absolute atomic E-state index is 12.9. The monoisotopic (exact) mass is 238 g/mol. The second-order valence-electron chi connectivity index (χ2n) is 4.44. The van der Waals surface area contributed by atoms with Gasteiger partial charge in [-0.25, -0.2) is 4.39 Å². The lowest BCUT2D eigenvalue weighted by atomic mass is 10.1. The highest BCUT2D eigenvalue weighted by Crippen LogP contribution is 2.23. The Kier molecular flexibility index (Phi) is 3.97. The normalized spacial score (nSPS) is 21.5. The van der Waals surface area contributed by atoms with E-state index in [9.17, 15) is 4.39 Å². The number of likely N-dealkylation sites (N-methyl/N-ethyl adjacent to an activating group) is 1. The van der Waals surface area contributed by atoms with Crippen molar-refractivity contribution in [2.24, 2.45) is 5.73 Å². The van der Waals surface area contributed by atoms with Crippen LogP contribution in [0.2, 0.25) is 0 Å². The minimum Gasteiger partial charge on any atom is -0.376 e. The number of nitrogens with zero attached hydrogens (tertiary/aromatic N) is 1. The van der Waals surface area contributed by atoms with Crippen molar-refractivity contribution in [2.45, 2.75) is 25.0 Å². The van der Waals surface area contributed by atoms with Gasteiger partial charge in [-0.3, -0.25) is 0 Å². The van der Waals surface area contributed by atoms with Crippen molar-refractivity contribution >= 4 is 5.69 Å². The summed E-state index contributed by atoms with van der Waals surface area (Å²) in [6.45, 7) is 1.36. The lowest BCUT2D eigenvalue weighted by molar-refractivity contribution is 0.0907. The second-order valence-corrected chi connectivity index (χ2v) is 4.44. The first-order valence-electron chi connectivity index (χ1n) is 6.02. The molecule has 2 atom stereocenters. The highest BCUT2D eigenvalue weighted by Gasteiger charge is 2.28. The molecule has 2 N–H and O–H groups in total. The lowest BCUT2D eigenvalue weighted by Crippen LogP contribution is -2.46. The summed E-state index contributed by atoms with van der Waals surface area (Å²) in [4.78, 5) is 2.08. The molecule has 0 amide bonds. The summed E-state index contributed by atoms with van der Waals surface area (Å²) in [6.07, 6.45) is 2.33. The molecule has 0 bridgehead atoms. The second kappa shape index (κ2) is 5.47. The first-order chi connectivity index (χ1) is 8.22. The van der Waals surface area contributed by atoms with Crippen LogP contribution in [0.4, 0.5) is 10.1 Å². The summed E-state index contributed by atoms with van der Waals surface area (Å²) in [5.74, 6) is -0.219. The molecule has 2 rings (SSSR count). The van der Waals surface area contributed by atoms with Gasteiger partial charge in [-0.2, -0.15) is 0 Å². The van der Waals surface area contributed by atoms with Crippen LogP contribution in [0.3, 0.4) is 0 Å². The van der Waals surface area contributed by atoms with Crippen LogP contribution in [0.1, 0.15) is 12.8 Å². The Bertz CT molecular complexity index is 349. The van der Waals surface area contributed by atoms with Crippen molar-refractivity contribution in [1.29, 1.82) is 0 Å². The predicted octanol–water partition coefficient (Wildman–Crippen LogP) is 1.77. The van der Waals surface area contributed by atoms with Crippen molar-refractivity contribution in [3.05, 3.63) is 30.1 Å². The molecule has 4 heteroatoms. The molecule has 1 saturated heterocycles. The largest absolute Gasteiger partial charge is 0.376 e. The van der Waals surface area contributed by atoms with Gasteiger partial charge in [0.2, 0.25) is 0 Å². The summed E-state index contributed by atoms with van der Waals surface area (Å²) < 4.78 is 18.5. The molecular weight excluding hydrogens is 219 g/mol. The van der Waals surface area contributed by atoms with E-state index in [1.807, 2.05) is 7.05 Å². The van der Waals surface area contributed by atoms with Crippen molar-refractivity contribution in [2.75, 3.05) is 25.1 Å². The standard InChI is InChI=1S/C13H19FN2O/c1-16(11-6-4-10(14)5-7-11)12(9-15)13-3-2-8-17-13/h4-7,12-13H,2-3,8-9,15H2,1H3. The molecule has 1 fully saturated rings. The molecule has 1 aliphatic rings. The van der Waals surface area contributed by atoms with E-state index in [4.69, 9.17) is 10.5 Å². The fourth-order valence-corrected chi connectivity index (χ4v) is 2.33. The first kappa shape index (κ1) is 12.3. The van der Waals surface area contributed by atoms with Gasteiger partial charge in [0, 0.05) is 25.9 Å². The van der Waals surface area contributed by atoms with Gasteiger partial charge < -0.3 is 15.4 Å². The van der Waals surface area contributed by atoms with Gasteiger partial charge >= 0.3 is 0 Å². The summed E-state index contributed by atoms with van der Waals surface area (Å²) in [7, 11) is 1.98. The smallest absolute Gasteiger partial charge is 0.123 e. The Hall–Kier alpha value is -1.13. The Morgan fingerprint density at radius 3 is 2.71 bits per heavy atom. The van der Waals surface area contributed by atoms with Crippen molar-refractivity contribution in [3.8, 4) is 0 Å². The van der Waals surface area contributed by atoms with E-state index in [1.165, 1.54) is 12.1 Å². The summed E-state index contributed by atoms with van der Waals surface area (Å²) >= 11 is 0. The van der Waals surface area contributed by atoms with Crippen LogP contribution in [0.15, 0.2) is 24.3 Å². The molecule has 1 aromatic carbocycles. The van der Waals surface area contributed by atoms with Crippen molar-refractivity contribution < 1.29 is 9.13 Å². The molecule has 1 aliphatic heterocycles. The number of ether oxygens (including phenoxy) is 1. The molecule has 1 aromatic rings. The number of hydrogen-bond acceptors (Lipinski definition) is 3. The first-order valence-corrected chi connectivity index (χ1v) is 6.02. The number of nitrogens with two attached hydrogens (primary N) is 1. The number of anilines is 1. The van der Waals surface area contributed by atoms with E-state index in [1.54, 1.807) is 12.1 Å². The van der Waals surface area contributed by atoms with E-state index in [0.29, 0.717) is 6.54 Å². The molecule has 17 heavy (non-hydrogen) atoms. The molecule has 0 aromatic heterocycles. The molecule has 2 unspecified atom stereocenters. The van der Waals surface area contributed by atoms with E-state index in [2.05, 4.69) is 4.90 Å². The molecule has 0 spiro atoms. The minimum absolute atomic E-state index is 0.156. The molecule has 0 saturated carbocycles. The summed E-state index contributed by atoms with van der Waals surface area (Å²) in [5, 5.41) is 0. The van der Waals surface area contributed by atoms with E-state index in [-0.39, 0.29) is 18.0 Å². The van der Waals surface area contributed by atoms with Gasteiger partial charge in [-0.05, 0) is 37.1 Å². The molecule has 0 radical (unpaired) electrons. The topological polar surface area (TPSA) is 38.5 Å². The third-order valence-corrected chi connectivity index (χ3v) is 3.37. The van der Waals surface area contributed by atoms with Crippen LogP contribution in [0.25, 0.3) is 0 Å². The molecule has 3 nitrogen and oxygen atoms in total. The number of rotatable bonds is 4. The number of hydrogen-bond donors (Lipinski definition) is 1. The quantitative estimate of drug-likeness (QED) is 0.868. The Labute approximate surface area is 101 Å². The zero-order chi connectivity index (χ0) is 12.3. The minimum atomic E-state index is -0.219. The fraction of sp³-hybridized carbons (Fsp3) is 0.538. The number of halogens is 1. The zero-order valence-electron chi connectivity index (χ0n) is 10.1. The Morgan fingerprint density at radius 2 is 2.18 bits per heavy atom. The summed E-state index contributed by atoms with van der Waals surface area (Å²) in [6, 6.07) is 6.63. The highest BCUT2D eigenvalue weighted by molar-refractivity contribution is 5.46. The molecule has 1 heterocycles. The van der Waals surface area contributed by atoms with Gasteiger partial charge in [0.05, 0.1) is 12.1 Å². The van der Waals surface area contributed by atoms with Gasteiger partial charge in [0.15, 0.2) is 0 Å². The van der Waals surface area contributed by atoms with Crippen LogP contribution in [-0.2, 0) is 4.74 Å². The fourth-order valence-electron chi connectivity index (χ4n) is 2.33. The Balaban J connectivity index is 2.10. The van der Waals surface area contributed by atoms with Crippen LogP contribution < -0.4 is 10.6 Å². The lowest BCUT2D eigenvalue weighted by Gasteiger charge is -2.33. The van der Waals surface area contributed by atoms with Crippen LogP contribution in [0.5, 0.6) is 0 Å². The molecule has 0 aliphatic carbocycles. The maximum Gasteiger partial charge on any atom is 0.123 e. The Morgan fingerprint density at radius 1 is 1.47 bits per heavy atom. The maximum atomic E-state index is 12.9. The van der Waals surface area contributed by atoms with Crippen molar-refractivity contribution in [1.82, 2.24) is 0 Å². The third kappa shape index (κ3) is 2.76.